The molecule has 0 aliphatic rings. The third-order valence-electron chi connectivity index (χ3n) is 2.47. The van der Waals surface area contributed by atoms with Crippen molar-refractivity contribution in [3.63, 3.8) is 0 Å². The minimum absolute atomic E-state index is 0.127. The standard InChI is InChI=1S/C11H12N4O2/c12-14-10(16)5-6-15-11(17)9-4-2-1-3-8(9)7-13-15/h1-4,7H,5-6,12H2,(H,14,16). The molecule has 17 heavy (non-hydrogen) atoms. The van der Waals surface area contributed by atoms with Crippen LogP contribution < -0.4 is 16.8 Å². The number of hydrazine groups is 1. The number of aromatic nitrogens is 2. The van der Waals surface area contributed by atoms with Crippen LogP contribution in [0.1, 0.15) is 6.42 Å². The number of amides is 1. The van der Waals surface area contributed by atoms with Crippen LogP contribution in [0.15, 0.2) is 35.3 Å². The molecule has 0 saturated carbocycles. The van der Waals surface area contributed by atoms with Gasteiger partial charge in [0.05, 0.1) is 18.1 Å². The highest BCUT2D eigenvalue weighted by Crippen LogP contribution is 2.06. The minimum Gasteiger partial charge on any atom is -0.294 e. The number of benzene rings is 1. The first-order valence-electron chi connectivity index (χ1n) is 5.16. The van der Waals surface area contributed by atoms with Gasteiger partial charge in [-0.2, -0.15) is 5.10 Å². The summed E-state index contributed by atoms with van der Waals surface area (Å²) >= 11 is 0. The van der Waals surface area contributed by atoms with Gasteiger partial charge < -0.3 is 0 Å². The molecule has 0 saturated heterocycles. The zero-order valence-corrected chi connectivity index (χ0v) is 9.09. The van der Waals surface area contributed by atoms with E-state index in [1.54, 1.807) is 18.3 Å². The van der Waals surface area contributed by atoms with E-state index in [1.807, 2.05) is 17.6 Å². The van der Waals surface area contributed by atoms with Crippen molar-refractivity contribution in [2.75, 3.05) is 0 Å². The van der Waals surface area contributed by atoms with E-state index in [0.717, 1.165) is 5.39 Å². The van der Waals surface area contributed by atoms with Crippen LogP contribution in [-0.2, 0) is 11.3 Å². The van der Waals surface area contributed by atoms with Crippen LogP contribution in [0.2, 0.25) is 0 Å². The fourth-order valence-corrected chi connectivity index (χ4v) is 1.57. The fourth-order valence-electron chi connectivity index (χ4n) is 1.57. The van der Waals surface area contributed by atoms with Crippen molar-refractivity contribution in [2.24, 2.45) is 5.84 Å². The normalized spacial score (nSPS) is 10.4. The molecule has 1 heterocycles. The second kappa shape index (κ2) is 4.75. The molecule has 0 atom stereocenters. The molecular weight excluding hydrogens is 220 g/mol. The highest BCUT2D eigenvalue weighted by atomic mass is 16.2. The number of nitrogens with zero attached hydrogens (tertiary/aromatic N) is 2. The molecule has 0 bridgehead atoms. The summed E-state index contributed by atoms with van der Waals surface area (Å²) in [6.07, 6.45) is 1.73. The molecule has 0 aliphatic carbocycles. The number of rotatable bonds is 3. The van der Waals surface area contributed by atoms with Crippen molar-refractivity contribution in [2.45, 2.75) is 13.0 Å². The number of hydrogen-bond acceptors (Lipinski definition) is 4. The van der Waals surface area contributed by atoms with Crippen LogP contribution in [0.3, 0.4) is 0 Å². The lowest BCUT2D eigenvalue weighted by Crippen LogP contribution is -2.32. The van der Waals surface area contributed by atoms with Gasteiger partial charge in [0.15, 0.2) is 0 Å². The number of fused-ring (bicyclic) bond motifs is 1. The van der Waals surface area contributed by atoms with Gasteiger partial charge in [-0.25, -0.2) is 10.5 Å². The Hall–Kier alpha value is -2.21. The molecule has 1 aromatic heterocycles. The summed E-state index contributed by atoms with van der Waals surface area (Å²) in [7, 11) is 0. The third-order valence-corrected chi connectivity index (χ3v) is 2.47. The van der Waals surface area contributed by atoms with Crippen molar-refractivity contribution in [3.05, 3.63) is 40.8 Å². The Morgan fingerprint density at radius 2 is 2.18 bits per heavy atom. The van der Waals surface area contributed by atoms with Crippen molar-refractivity contribution >= 4 is 16.7 Å². The average molecular weight is 232 g/mol. The number of hydrogen-bond donors (Lipinski definition) is 2. The second-order valence-corrected chi connectivity index (χ2v) is 3.58. The van der Waals surface area contributed by atoms with Crippen molar-refractivity contribution in [3.8, 4) is 0 Å². The van der Waals surface area contributed by atoms with Crippen LogP contribution >= 0.6 is 0 Å². The topological polar surface area (TPSA) is 90.0 Å². The molecule has 0 unspecified atom stereocenters. The van der Waals surface area contributed by atoms with Crippen LogP contribution in [0.4, 0.5) is 0 Å². The second-order valence-electron chi connectivity index (χ2n) is 3.58. The summed E-state index contributed by atoms with van der Waals surface area (Å²) in [6, 6.07) is 7.19. The molecule has 3 N–H and O–H groups in total. The van der Waals surface area contributed by atoms with Crippen LogP contribution in [0.5, 0.6) is 0 Å². The van der Waals surface area contributed by atoms with E-state index in [0.29, 0.717) is 5.39 Å². The van der Waals surface area contributed by atoms with Crippen molar-refractivity contribution < 1.29 is 4.79 Å². The molecule has 2 rings (SSSR count). The lowest BCUT2D eigenvalue weighted by Gasteiger charge is -2.04. The summed E-state index contributed by atoms with van der Waals surface area (Å²) in [5, 5.41) is 5.38. The molecule has 0 fully saturated rings. The predicted octanol–water partition coefficient (Wildman–Crippen LogP) is -0.224. The Morgan fingerprint density at radius 3 is 2.94 bits per heavy atom. The number of nitrogens with two attached hydrogens (primary N) is 1. The lowest BCUT2D eigenvalue weighted by molar-refractivity contribution is -0.121. The number of nitrogens with one attached hydrogen (secondary N) is 1. The van der Waals surface area contributed by atoms with Crippen LogP contribution in [0.25, 0.3) is 10.8 Å². The quantitative estimate of drug-likeness (QED) is 0.435. The van der Waals surface area contributed by atoms with Gasteiger partial charge in [0, 0.05) is 11.8 Å². The molecule has 0 radical (unpaired) electrons. The van der Waals surface area contributed by atoms with Gasteiger partial charge in [-0.15, -0.1) is 0 Å². The first-order chi connectivity index (χ1) is 8.22. The smallest absolute Gasteiger partial charge is 0.274 e. The molecule has 0 aliphatic heterocycles. The Morgan fingerprint density at radius 1 is 1.41 bits per heavy atom. The van der Waals surface area contributed by atoms with E-state index >= 15 is 0 Å². The van der Waals surface area contributed by atoms with Gasteiger partial charge in [0.25, 0.3) is 5.56 Å². The minimum atomic E-state index is -0.327. The number of aryl methyl sites for hydroxylation is 1. The monoisotopic (exact) mass is 232 g/mol. The van der Waals surface area contributed by atoms with E-state index < -0.39 is 0 Å². The number of carbonyl (C=O) groups is 1. The largest absolute Gasteiger partial charge is 0.294 e. The van der Waals surface area contributed by atoms with Crippen LogP contribution in [-0.4, -0.2) is 15.7 Å². The van der Waals surface area contributed by atoms with Crippen molar-refractivity contribution in [1.82, 2.24) is 15.2 Å². The first kappa shape index (κ1) is 11.3. The highest BCUT2D eigenvalue weighted by Gasteiger charge is 2.05. The van der Waals surface area contributed by atoms with E-state index in [2.05, 4.69) is 5.10 Å². The maximum absolute atomic E-state index is 12.0. The van der Waals surface area contributed by atoms with E-state index in [4.69, 9.17) is 5.84 Å². The number of carbonyl (C=O) groups excluding carboxylic acids is 1. The summed E-state index contributed by atoms with van der Waals surface area (Å²) in [6.45, 7) is 0.215. The summed E-state index contributed by atoms with van der Waals surface area (Å²) in [5.74, 6) is 4.63. The van der Waals surface area contributed by atoms with Crippen LogP contribution in [0, 0.1) is 0 Å². The zero-order valence-electron chi connectivity index (χ0n) is 9.09. The van der Waals surface area contributed by atoms with Gasteiger partial charge in [0.2, 0.25) is 5.91 Å². The third kappa shape index (κ3) is 2.31. The summed E-state index contributed by atoms with van der Waals surface area (Å²) in [5.41, 5.74) is 1.81. The van der Waals surface area contributed by atoms with E-state index in [-0.39, 0.29) is 24.4 Å². The first-order valence-corrected chi connectivity index (χ1v) is 5.16. The predicted molar refractivity (Wildman–Crippen MR) is 63.0 cm³/mol. The van der Waals surface area contributed by atoms with Gasteiger partial charge >= 0.3 is 0 Å². The van der Waals surface area contributed by atoms with Gasteiger partial charge in [-0.3, -0.25) is 15.0 Å². The fraction of sp³-hybridized carbons (Fsp3) is 0.182. The maximum Gasteiger partial charge on any atom is 0.274 e. The molecule has 2 aromatic rings. The highest BCUT2D eigenvalue weighted by molar-refractivity contribution is 5.80. The summed E-state index contributed by atoms with van der Waals surface area (Å²) < 4.78 is 1.26. The van der Waals surface area contributed by atoms with Gasteiger partial charge in [-0.05, 0) is 6.07 Å². The maximum atomic E-state index is 12.0. The Kier molecular flexibility index (Phi) is 3.15. The zero-order chi connectivity index (χ0) is 12.3. The summed E-state index contributed by atoms with van der Waals surface area (Å²) in [4.78, 5) is 22.9. The molecule has 6 heteroatoms. The molecular formula is C11H12N4O2. The molecule has 1 aromatic carbocycles. The van der Waals surface area contributed by atoms with Crippen molar-refractivity contribution in [1.29, 1.82) is 0 Å². The lowest BCUT2D eigenvalue weighted by atomic mass is 10.2. The SMILES string of the molecule is NNC(=O)CCn1ncc2ccccc2c1=O. The van der Waals surface area contributed by atoms with E-state index in [9.17, 15) is 9.59 Å². The molecule has 0 spiro atoms. The van der Waals surface area contributed by atoms with Gasteiger partial charge in [0.1, 0.15) is 0 Å². The Balaban J connectivity index is 2.33. The van der Waals surface area contributed by atoms with E-state index in [1.165, 1.54) is 4.68 Å². The molecule has 88 valence electrons. The average Bonchev–Trinajstić information content (AvgIpc) is 2.38. The Labute approximate surface area is 97.0 Å². The molecule has 6 nitrogen and oxygen atoms in total. The Bertz CT molecular complexity index is 606. The van der Waals surface area contributed by atoms with Gasteiger partial charge in [-0.1, -0.05) is 18.2 Å². The molecule has 1 amide bonds.